The Labute approximate surface area is 114 Å². The molecule has 0 aromatic rings. The van der Waals surface area contributed by atoms with Crippen molar-refractivity contribution in [3.05, 3.63) is 24.3 Å². The van der Waals surface area contributed by atoms with Crippen LogP contribution in [0.2, 0.25) is 0 Å². The van der Waals surface area contributed by atoms with Crippen molar-refractivity contribution in [2.75, 3.05) is 0 Å². The van der Waals surface area contributed by atoms with Gasteiger partial charge >= 0.3 is 5.97 Å². The molecule has 19 heavy (non-hydrogen) atoms. The molecule has 0 aromatic carbocycles. The molecule has 0 amide bonds. The van der Waals surface area contributed by atoms with Gasteiger partial charge in [-0.05, 0) is 36.5 Å². The van der Waals surface area contributed by atoms with Gasteiger partial charge in [0.25, 0.3) is 0 Å². The molecule has 1 N–H and O–H groups in total. The van der Waals surface area contributed by atoms with Crippen LogP contribution in [-0.2, 0) is 9.53 Å². The third kappa shape index (κ3) is 1.57. The average Bonchev–Trinajstić information content (AvgIpc) is 2.54. The van der Waals surface area contributed by atoms with E-state index in [-0.39, 0.29) is 34.9 Å². The van der Waals surface area contributed by atoms with Crippen LogP contribution in [-0.4, -0.2) is 23.3 Å². The normalized spacial score (nSPS) is 49.6. The van der Waals surface area contributed by atoms with Crippen molar-refractivity contribution >= 4 is 5.97 Å². The van der Waals surface area contributed by atoms with Gasteiger partial charge < -0.3 is 9.84 Å². The van der Waals surface area contributed by atoms with Gasteiger partial charge in [-0.25, -0.2) is 4.79 Å². The molecule has 3 rings (SSSR count). The lowest BCUT2D eigenvalue weighted by molar-refractivity contribution is -0.146. The molecule has 5 unspecified atom stereocenters. The number of aliphatic hydroxyl groups is 1. The van der Waals surface area contributed by atoms with Crippen molar-refractivity contribution in [3.8, 4) is 0 Å². The van der Waals surface area contributed by atoms with Crippen LogP contribution in [0.15, 0.2) is 24.3 Å². The fourth-order valence-electron chi connectivity index (χ4n) is 4.45. The van der Waals surface area contributed by atoms with E-state index in [4.69, 9.17) is 4.74 Å². The van der Waals surface area contributed by atoms with Crippen LogP contribution >= 0.6 is 0 Å². The molecule has 3 fully saturated rings. The molecule has 3 nitrogen and oxygen atoms in total. The summed E-state index contributed by atoms with van der Waals surface area (Å²) in [6.45, 7) is 12.5. The van der Waals surface area contributed by atoms with E-state index in [1.54, 1.807) is 0 Å². The Morgan fingerprint density at radius 3 is 2.63 bits per heavy atom. The quantitative estimate of drug-likeness (QED) is 0.414. The van der Waals surface area contributed by atoms with E-state index in [1.165, 1.54) is 0 Å². The molecule has 0 radical (unpaired) electrons. The van der Waals surface area contributed by atoms with E-state index in [1.807, 2.05) is 0 Å². The fraction of sp³-hybridized carbons (Fsp3) is 0.688. The second-order valence-corrected chi connectivity index (χ2v) is 7.04. The van der Waals surface area contributed by atoms with Gasteiger partial charge in [0.05, 0.1) is 6.10 Å². The van der Waals surface area contributed by atoms with Crippen LogP contribution in [0.1, 0.15) is 39.5 Å². The number of carbonyl (C=O) groups excluding carboxylic acids is 1. The lowest BCUT2D eigenvalue weighted by Crippen LogP contribution is -2.53. The predicted octanol–water partition coefficient (Wildman–Crippen LogP) is 2.60. The zero-order valence-electron chi connectivity index (χ0n) is 11.7. The Morgan fingerprint density at radius 1 is 1.26 bits per heavy atom. The molecule has 3 aliphatic rings. The van der Waals surface area contributed by atoms with Gasteiger partial charge in [0, 0.05) is 11.5 Å². The SMILES string of the molecule is C=C1C(=O)OC2CC3(C)CC(O)CC(=C)C3(C)CC12. The number of hydrogen-bond acceptors (Lipinski definition) is 3. The van der Waals surface area contributed by atoms with E-state index in [0.717, 1.165) is 24.8 Å². The van der Waals surface area contributed by atoms with E-state index >= 15 is 0 Å². The lowest BCUT2D eigenvalue weighted by Gasteiger charge is -2.58. The minimum absolute atomic E-state index is 0.0374. The number of fused-ring (bicyclic) bond motifs is 2. The van der Waals surface area contributed by atoms with Crippen LogP contribution < -0.4 is 0 Å². The topological polar surface area (TPSA) is 46.5 Å². The fourth-order valence-corrected chi connectivity index (χ4v) is 4.45. The van der Waals surface area contributed by atoms with Crippen LogP contribution in [0, 0.1) is 16.7 Å². The zero-order chi connectivity index (χ0) is 14.0. The third-order valence-electron chi connectivity index (χ3n) is 5.98. The van der Waals surface area contributed by atoms with Crippen molar-refractivity contribution in [2.24, 2.45) is 16.7 Å². The van der Waals surface area contributed by atoms with Crippen molar-refractivity contribution in [3.63, 3.8) is 0 Å². The number of esters is 1. The summed E-state index contributed by atoms with van der Waals surface area (Å²) in [7, 11) is 0. The maximum atomic E-state index is 11.7. The van der Waals surface area contributed by atoms with E-state index in [2.05, 4.69) is 27.0 Å². The number of ether oxygens (including phenoxy) is 1. The van der Waals surface area contributed by atoms with Crippen LogP contribution in [0.3, 0.4) is 0 Å². The number of carbonyl (C=O) groups is 1. The number of rotatable bonds is 0. The highest BCUT2D eigenvalue weighted by Gasteiger charge is 2.59. The first kappa shape index (κ1) is 12.9. The highest BCUT2D eigenvalue weighted by atomic mass is 16.6. The summed E-state index contributed by atoms with van der Waals surface area (Å²) in [5, 5.41) is 10.1. The average molecular weight is 262 g/mol. The summed E-state index contributed by atoms with van der Waals surface area (Å²) in [4.78, 5) is 11.7. The lowest BCUT2D eigenvalue weighted by atomic mass is 9.47. The molecular formula is C16H22O3. The van der Waals surface area contributed by atoms with Crippen LogP contribution in [0.5, 0.6) is 0 Å². The third-order valence-corrected chi connectivity index (χ3v) is 5.98. The molecular weight excluding hydrogens is 240 g/mol. The number of aliphatic hydroxyl groups excluding tert-OH is 1. The minimum atomic E-state index is -0.317. The summed E-state index contributed by atoms with van der Waals surface area (Å²) >= 11 is 0. The maximum absolute atomic E-state index is 11.7. The first-order valence-corrected chi connectivity index (χ1v) is 7.03. The van der Waals surface area contributed by atoms with Gasteiger partial charge in [0.2, 0.25) is 0 Å². The van der Waals surface area contributed by atoms with Crippen LogP contribution in [0.4, 0.5) is 0 Å². The minimum Gasteiger partial charge on any atom is -0.458 e. The Hall–Kier alpha value is -1.09. The molecule has 0 spiro atoms. The van der Waals surface area contributed by atoms with Gasteiger partial charge in [-0.2, -0.15) is 0 Å². The summed E-state index contributed by atoms with van der Waals surface area (Å²) < 4.78 is 5.46. The first-order chi connectivity index (χ1) is 8.77. The molecule has 3 heteroatoms. The van der Waals surface area contributed by atoms with Gasteiger partial charge in [0.15, 0.2) is 0 Å². The summed E-state index contributed by atoms with van der Waals surface area (Å²) in [5.74, 6) is -0.121. The Bertz CT molecular complexity index is 480. The van der Waals surface area contributed by atoms with Gasteiger partial charge in [-0.15, -0.1) is 0 Å². The molecule has 1 saturated heterocycles. The van der Waals surface area contributed by atoms with Crippen molar-refractivity contribution in [1.29, 1.82) is 0 Å². The van der Waals surface area contributed by atoms with E-state index in [0.29, 0.717) is 12.0 Å². The molecule has 104 valence electrons. The van der Waals surface area contributed by atoms with Gasteiger partial charge in [0.1, 0.15) is 6.10 Å². The van der Waals surface area contributed by atoms with Gasteiger partial charge in [-0.1, -0.05) is 32.6 Å². The molecule has 0 bridgehead atoms. The van der Waals surface area contributed by atoms with Crippen molar-refractivity contribution in [2.45, 2.75) is 51.7 Å². The monoisotopic (exact) mass is 262 g/mol. The highest BCUT2D eigenvalue weighted by molar-refractivity contribution is 5.90. The molecule has 1 heterocycles. The molecule has 0 aromatic heterocycles. The zero-order valence-corrected chi connectivity index (χ0v) is 11.7. The molecule has 1 aliphatic heterocycles. The Morgan fingerprint density at radius 2 is 1.95 bits per heavy atom. The first-order valence-electron chi connectivity index (χ1n) is 7.03. The van der Waals surface area contributed by atoms with E-state index in [9.17, 15) is 9.90 Å². The van der Waals surface area contributed by atoms with Crippen LogP contribution in [0.25, 0.3) is 0 Å². The summed E-state index contributed by atoms with van der Waals surface area (Å²) in [6, 6.07) is 0. The number of hydrogen-bond donors (Lipinski definition) is 1. The second-order valence-electron chi connectivity index (χ2n) is 7.04. The molecule has 5 atom stereocenters. The molecule has 2 saturated carbocycles. The van der Waals surface area contributed by atoms with E-state index < -0.39 is 0 Å². The Balaban J connectivity index is 1.99. The maximum Gasteiger partial charge on any atom is 0.334 e. The predicted molar refractivity (Wildman–Crippen MR) is 72.3 cm³/mol. The molecule has 2 aliphatic carbocycles. The standard InChI is InChI=1S/C16H22O3/c1-9-5-11(17)6-15(3)8-13-12(7-16(9,15)4)10(2)14(18)19-13/h11-13,17H,1-2,5-8H2,3-4H3. The van der Waals surface area contributed by atoms with Gasteiger partial charge in [-0.3, -0.25) is 0 Å². The second kappa shape index (κ2) is 3.72. The summed E-state index contributed by atoms with van der Waals surface area (Å²) in [6.07, 6.45) is 2.72. The van der Waals surface area contributed by atoms with Crippen molar-refractivity contribution in [1.82, 2.24) is 0 Å². The largest absolute Gasteiger partial charge is 0.458 e. The van der Waals surface area contributed by atoms with Crippen molar-refractivity contribution < 1.29 is 14.6 Å². The Kier molecular flexibility index (Phi) is 2.53. The summed E-state index contributed by atoms with van der Waals surface area (Å²) in [5.41, 5.74) is 1.64. The highest BCUT2D eigenvalue weighted by Crippen LogP contribution is 2.63. The smallest absolute Gasteiger partial charge is 0.334 e.